The van der Waals surface area contributed by atoms with Gasteiger partial charge in [-0.2, -0.15) is 0 Å². The second kappa shape index (κ2) is 4.77. The third-order valence-electron chi connectivity index (χ3n) is 1.73. The van der Waals surface area contributed by atoms with Gasteiger partial charge in [-0.05, 0) is 18.6 Å². The molecule has 1 aromatic rings. The maximum Gasteiger partial charge on any atom is 0.129 e. The standard InChI is InChI=1S/C9H11BrOS/c1-2-8-3-4-9(12-8)7(5-10)6-11/h3-4,6-7H,2,5H2,1H3. The first-order chi connectivity index (χ1) is 5.81. The first kappa shape index (κ1) is 9.93. The fourth-order valence-corrected chi connectivity index (χ4v) is 2.69. The Balaban J connectivity index is 2.79. The minimum atomic E-state index is 0.0373. The first-order valence-corrected chi connectivity index (χ1v) is 5.85. The molecule has 1 atom stereocenters. The second-order valence-corrected chi connectivity index (χ2v) is 4.40. The lowest BCUT2D eigenvalue weighted by atomic mass is 10.2. The van der Waals surface area contributed by atoms with Crippen molar-refractivity contribution in [3.63, 3.8) is 0 Å². The van der Waals surface area contributed by atoms with E-state index < -0.39 is 0 Å². The molecule has 1 unspecified atom stereocenters. The van der Waals surface area contributed by atoms with Crippen molar-refractivity contribution in [1.82, 2.24) is 0 Å². The van der Waals surface area contributed by atoms with Crippen LogP contribution in [-0.4, -0.2) is 11.6 Å². The minimum Gasteiger partial charge on any atom is -0.303 e. The Morgan fingerprint density at radius 2 is 2.42 bits per heavy atom. The van der Waals surface area contributed by atoms with Gasteiger partial charge in [0.05, 0.1) is 5.92 Å². The normalized spacial score (nSPS) is 12.8. The van der Waals surface area contributed by atoms with Gasteiger partial charge < -0.3 is 4.79 Å². The third kappa shape index (κ3) is 2.17. The van der Waals surface area contributed by atoms with E-state index in [2.05, 4.69) is 28.9 Å². The molecule has 0 radical (unpaired) electrons. The molecule has 0 saturated heterocycles. The molecule has 0 aromatic carbocycles. The molecular weight excluding hydrogens is 236 g/mol. The Hall–Kier alpha value is -0.150. The number of aldehydes is 1. The molecule has 0 fully saturated rings. The van der Waals surface area contributed by atoms with Crippen LogP contribution in [0.2, 0.25) is 0 Å². The van der Waals surface area contributed by atoms with Gasteiger partial charge in [0.2, 0.25) is 0 Å². The van der Waals surface area contributed by atoms with Gasteiger partial charge in [-0.1, -0.05) is 22.9 Å². The van der Waals surface area contributed by atoms with E-state index in [0.29, 0.717) is 0 Å². The summed E-state index contributed by atoms with van der Waals surface area (Å²) in [6.45, 7) is 2.12. The number of hydrogen-bond acceptors (Lipinski definition) is 2. The zero-order chi connectivity index (χ0) is 8.97. The number of carbonyl (C=O) groups excluding carboxylic acids is 1. The number of thiophene rings is 1. The van der Waals surface area contributed by atoms with Crippen molar-refractivity contribution in [1.29, 1.82) is 0 Å². The number of hydrogen-bond donors (Lipinski definition) is 0. The predicted molar refractivity (Wildman–Crippen MR) is 56.3 cm³/mol. The van der Waals surface area contributed by atoms with E-state index in [4.69, 9.17) is 0 Å². The van der Waals surface area contributed by atoms with Crippen molar-refractivity contribution in [2.24, 2.45) is 0 Å². The molecule has 1 heterocycles. The highest BCUT2D eigenvalue weighted by Gasteiger charge is 2.10. The lowest BCUT2D eigenvalue weighted by molar-refractivity contribution is -0.108. The number of aryl methyl sites for hydroxylation is 1. The van der Waals surface area contributed by atoms with E-state index in [0.717, 1.165) is 18.0 Å². The lowest BCUT2D eigenvalue weighted by Crippen LogP contribution is -1.97. The molecule has 66 valence electrons. The summed E-state index contributed by atoms with van der Waals surface area (Å²) in [5.41, 5.74) is 0. The van der Waals surface area contributed by atoms with Crippen LogP contribution in [0.1, 0.15) is 22.6 Å². The topological polar surface area (TPSA) is 17.1 Å². The molecule has 0 N–H and O–H groups in total. The number of rotatable bonds is 4. The molecule has 0 aliphatic heterocycles. The highest BCUT2D eigenvalue weighted by molar-refractivity contribution is 9.09. The van der Waals surface area contributed by atoms with Crippen molar-refractivity contribution in [2.45, 2.75) is 19.3 Å². The molecule has 0 spiro atoms. The summed E-state index contributed by atoms with van der Waals surface area (Å²) in [5.74, 6) is 0.0373. The molecule has 0 saturated carbocycles. The number of carbonyl (C=O) groups is 1. The van der Waals surface area contributed by atoms with Gasteiger partial charge in [-0.15, -0.1) is 11.3 Å². The zero-order valence-corrected chi connectivity index (χ0v) is 9.32. The average molecular weight is 247 g/mol. The zero-order valence-electron chi connectivity index (χ0n) is 6.92. The van der Waals surface area contributed by atoms with Crippen LogP contribution >= 0.6 is 27.3 Å². The average Bonchev–Trinajstić information content (AvgIpc) is 2.55. The van der Waals surface area contributed by atoms with Crippen LogP contribution in [-0.2, 0) is 11.2 Å². The highest BCUT2D eigenvalue weighted by Crippen LogP contribution is 2.25. The smallest absolute Gasteiger partial charge is 0.129 e. The predicted octanol–water partition coefficient (Wildman–Crippen LogP) is 2.99. The molecule has 0 aliphatic carbocycles. The van der Waals surface area contributed by atoms with Gasteiger partial charge in [0.25, 0.3) is 0 Å². The minimum absolute atomic E-state index is 0.0373. The van der Waals surface area contributed by atoms with E-state index in [9.17, 15) is 4.79 Å². The molecule has 1 aromatic heterocycles. The van der Waals surface area contributed by atoms with Crippen LogP contribution in [0.4, 0.5) is 0 Å². The molecular formula is C9H11BrOS. The van der Waals surface area contributed by atoms with E-state index in [1.165, 1.54) is 9.75 Å². The van der Waals surface area contributed by atoms with Crippen LogP contribution < -0.4 is 0 Å². The highest BCUT2D eigenvalue weighted by atomic mass is 79.9. The van der Waals surface area contributed by atoms with E-state index in [-0.39, 0.29) is 5.92 Å². The van der Waals surface area contributed by atoms with Crippen molar-refractivity contribution < 1.29 is 4.79 Å². The van der Waals surface area contributed by atoms with Gasteiger partial charge in [0, 0.05) is 15.1 Å². The monoisotopic (exact) mass is 246 g/mol. The van der Waals surface area contributed by atoms with Gasteiger partial charge in [0.1, 0.15) is 6.29 Å². The SMILES string of the molecule is CCc1ccc(C(C=O)CBr)s1. The van der Waals surface area contributed by atoms with E-state index in [1.807, 2.05) is 6.07 Å². The van der Waals surface area contributed by atoms with Crippen molar-refractivity contribution in [3.8, 4) is 0 Å². The Bertz CT molecular complexity index is 257. The van der Waals surface area contributed by atoms with Gasteiger partial charge in [0.15, 0.2) is 0 Å². The fourth-order valence-electron chi connectivity index (χ4n) is 0.963. The quantitative estimate of drug-likeness (QED) is 0.590. The van der Waals surface area contributed by atoms with Gasteiger partial charge >= 0.3 is 0 Å². The van der Waals surface area contributed by atoms with Crippen molar-refractivity contribution >= 4 is 33.6 Å². The molecule has 12 heavy (non-hydrogen) atoms. The number of alkyl halides is 1. The molecule has 0 amide bonds. The van der Waals surface area contributed by atoms with Crippen molar-refractivity contribution in [2.75, 3.05) is 5.33 Å². The summed E-state index contributed by atoms with van der Waals surface area (Å²) < 4.78 is 0. The van der Waals surface area contributed by atoms with E-state index in [1.54, 1.807) is 11.3 Å². The second-order valence-electron chi connectivity index (χ2n) is 2.55. The maximum absolute atomic E-state index is 10.6. The van der Waals surface area contributed by atoms with Crippen molar-refractivity contribution in [3.05, 3.63) is 21.9 Å². The van der Waals surface area contributed by atoms with Crippen LogP contribution in [0.25, 0.3) is 0 Å². The summed E-state index contributed by atoms with van der Waals surface area (Å²) in [7, 11) is 0. The summed E-state index contributed by atoms with van der Waals surface area (Å²) in [6.07, 6.45) is 2.05. The Kier molecular flexibility index (Phi) is 3.95. The molecule has 0 bridgehead atoms. The lowest BCUT2D eigenvalue weighted by Gasteiger charge is -2.00. The molecule has 3 heteroatoms. The summed E-state index contributed by atoms with van der Waals surface area (Å²) >= 11 is 5.05. The molecule has 1 rings (SSSR count). The van der Waals surface area contributed by atoms with Crippen LogP contribution in [0.5, 0.6) is 0 Å². The summed E-state index contributed by atoms with van der Waals surface area (Å²) in [4.78, 5) is 13.1. The summed E-state index contributed by atoms with van der Waals surface area (Å²) in [5, 5.41) is 0.722. The summed E-state index contributed by atoms with van der Waals surface area (Å²) in [6, 6.07) is 4.14. The maximum atomic E-state index is 10.6. The Morgan fingerprint density at radius 1 is 1.67 bits per heavy atom. The van der Waals surface area contributed by atoms with Gasteiger partial charge in [-0.25, -0.2) is 0 Å². The largest absolute Gasteiger partial charge is 0.303 e. The van der Waals surface area contributed by atoms with Crippen LogP contribution in [0, 0.1) is 0 Å². The Morgan fingerprint density at radius 3 is 2.83 bits per heavy atom. The van der Waals surface area contributed by atoms with Crippen LogP contribution in [0.15, 0.2) is 12.1 Å². The fraction of sp³-hybridized carbons (Fsp3) is 0.444. The third-order valence-corrected chi connectivity index (χ3v) is 3.79. The number of halogens is 1. The Labute approximate surface area is 84.9 Å². The van der Waals surface area contributed by atoms with E-state index >= 15 is 0 Å². The molecule has 1 nitrogen and oxygen atoms in total. The van der Waals surface area contributed by atoms with Crippen LogP contribution in [0.3, 0.4) is 0 Å². The molecule has 0 aliphatic rings. The van der Waals surface area contributed by atoms with Gasteiger partial charge in [-0.3, -0.25) is 0 Å². The first-order valence-electron chi connectivity index (χ1n) is 3.91.